The highest BCUT2D eigenvalue weighted by atomic mass is 79.9. The van der Waals surface area contributed by atoms with Gasteiger partial charge in [-0.05, 0) is 34.2 Å². The van der Waals surface area contributed by atoms with Crippen molar-refractivity contribution < 1.29 is 14.7 Å². The van der Waals surface area contributed by atoms with Gasteiger partial charge >= 0.3 is 5.97 Å². The second-order valence-electron chi connectivity index (χ2n) is 4.55. The van der Waals surface area contributed by atoms with Gasteiger partial charge in [0.15, 0.2) is 0 Å². The van der Waals surface area contributed by atoms with E-state index in [4.69, 9.17) is 0 Å². The number of carboxylic acid groups (broad SMARTS) is 1. The van der Waals surface area contributed by atoms with Crippen molar-refractivity contribution in [1.82, 2.24) is 9.88 Å². The quantitative estimate of drug-likeness (QED) is 0.824. The minimum absolute atomic E-state index is 0.196. The van der Waals surface area contributed by atoms with Crippen LogP contribution in [0.5, 0.6) is 0 Å². The number of amides is 1. The number of aromatic nitrogens is 1. The van der Waals surface area contributed by atoms with Gasteiger partial charge in [0, 0.05) is 22.5 Å². The molecule has 2 rings (SSSR count). The molecule has 1 aromatic heterocycles. The lowest BCUT2D eigenvalue weighted by molar-refractivity contribution is -0.146. The highest BCUT2D eigenvalue weighted by Crippen LogP contribution is 2.28. The summed E-state index contributed by atoms with van der Waals surface area (Å²) in [6, 6.07) is 2.93. The average molecular weight is 361 g/mol. The standard InChI is InChI=1S/C12H13BrN2O4S/c13-8-1-2-10(17)15(5-8)6-9(16)14-12(11(18)19)3-4-20-7-12/h1-2,5H,3-4,6-7H2,(H,14,16)(H,18,19)/t12-/m1/s1. The van der Waals surface area contributed by atoms with Crippen molar-refractivity contribution in [3.05, 3.63) is 33.2 Å². The van der Waals surface area contributed by atoms with Gasteiger partial charge in [-0.15, -0.1) is 0 Å². The smallest absolute Gasteiger partial charge is 0.330 e. The maximum absolute atomic E-state index is 12.0. The van der Waals surface area contributed by atoms with Gasteiger partial charge in [-0.1, -0.05) is 0 Å². The Bertz CT molecular complexity index is 595. The van der Waals surface area contributed by atoms with Crippen LogP contribution in [0.1, 0.15) is 6.42 Å². The highest BCUT2D eigenvalue weighted by Gasteiger charge is 2.43. The number of aliphatic carboxylic acids is 1. The molecule has 0 spiro atoms. The van der Waals surface area contributed by atoms with Crippen LogP contribution in [-0.2, 0) is 16.1 Å². The number of thioether (sulfide) groups is 1. The molecule has 0 radical (unpaired) electrons. The van der Waals surface area contributed by atoms with Crippen LogP contribution in [0.25, 0.3) is 0 Å². The first-order valence-corrected chi connectivity index (χ1v) is 7.86. The summed E-state index contributed by atoms with van der Waals surface area (Å²) in [5, 5.41) is 11.8. The van der Waals surface area contributed by atoms with Crippen LogP contribution in [0.2, 0.25) is 0 Å². The first kappa shape index (κ1) is 15.1. The third-order valence-corrected chi connectivity index (χ3v) is 4.73. The largest absolute Gasteiger partial charge is 0.479 e. The molecule has 2 N–H and O–H groups in total. The first-order chi connectivity index (χ1) is 9.43. The van der Waals surface area contributed by atoms with Crippen LogP contribution in [0.4, 0.5) is 0 Å². The Morgan fingerprint density at radius 3 is 2.85 bits per heavy atom. The lowest BCUT2D eigenvalue weighted by Crippen LogP contribution is -2.55. The second-order valence-corrected chi connectivity index (χ2v) is 6.57. The molecule has 1 aliphatic heterocycles. The number of carboxylic acids is 1. The summed E-state index contributed by atoms with van der Waals surface area (Å²) in [7, 11) is 0. The van der Waals surface area contributed by atoms with Crippen LogP contribution >= 0.6 is 27.7 Å². The van der Waals surface area contributed by atoms with Crippen molar-refractivity contribution in [2.45, 2.75) is 18.5 Å². The van der Waals surface area contributed by atoms with E-state index >= 15 is 0 Å². The number of hydrogen-bond donors (Lipinski definition) is 2. The Morgan fingerprint density at radius 2 is 2.25 bits per heavy atom. The molecule has 6 nitrogen and oxygen atoms in total. The number of pyridine rings is 1. The Morgan fingerprint density at radius 1 is 1.50 bits per heavy atom. The Labute approximate surface area is 127 Å². The maximum atomic E-state index is 12.0. The molecule has 1 aromatic rings. The average Bonchev–Trinajstić information content (AvgIpc) is 2.83. The summed E-state index contributed by atoms with van der Waals surface area (Å²) in [5.74, 6) is -0.460. The predicted octanol–water partition coefficient (Wildman–Crippen LogP) is 0.687. The third kappa shape index (κ3) is 3.24. The molecule has 1 atom stereocenters. The van der Waals surface area contributed by atoms with E-state index in [0.717, 1.165) is 0 Å². The Balaban J connectivity index is 2.11. The van der Waals surface area contributed by atoms with E-state index < -0.39 is 17.4 Å². The van der Waals surface area contributed by atoms with Gasteiger partial charge in [0.25, 0.3) is 5.56 Å². The summed E-state index contributed by atoms with van der Waals surface area (Å²) in [4.78, 5) is 34.9. The minimum atomic E-state index is -1.21. The number of hydrogen-bond acceptors (Lipinski definition) is 4. The fourth-order valence-corrected chi connectivity index (χ4v) is 3.68. The predicted molar refractivity (Wildman–Crippen MR) is 78.9 cm³/mol. The van der Waals surface area contributed by atoms with Gasteiger partial charge in [-0.3, -0.25) is 9.59 Å². The zero-order valence-corrected chi connectivity index (χ0v) is 12.9. The SMILES string of the molecule is O=C(Cn1cc(Br)ccc1=O)N[C@]1(C(=O)O)CCSC1. The molecule has 0 aromatic carbocycles. The van der Waals surface area contributed by atoms with Gasteiger partial charge < -0.3 is 15.0 Å². The second kappa shape index (κ2) is 6.01. The number of carbonyl (C=O) groups is 2. The summed E-state index contributed by atoms with van der Waals surface area (Å²) in [6.07, 6.45) is 1.89. The molecule has 0 bridgehead atoms. The van der Waals surface area contributed by atoms with E-state index in [1.165, 1.54) is 28.6 Å². The monoisotopic (exact) mass is 360 g/mol. The molecule has 0 unspecified atom stereocenters. The van der Waals surface area contributed by atoms with Crippen LogP contribution < -0.4 is 10.9 Å². The summed E-state index contributed by atoms with van der Waals surface area (Å²) in [6.45, 7) is -0.196. The minimum Gasteiger partial charge on any atom is -0.479 e. The fourth-order valence-electron chi connectivity index (χ4n) is 1.97. The molecule has 1 fully saturated rings. The topological polar surface area (TPSA) is 88.4 Å². The van der Waals surface area contributed by atoms with Crippen LogP contribution in [0.15, 0.2) is 27.6 Å². The van der Waals surface area contributed by atoms with E-state index in [0.29, 0.717) is 22.4 Å². The van der Waals surface area contributed by atoms with Gasteiger partial charge in [-0.2, -0.15) is 11.8 Å². The van der Waals surface area contributed by atoms with E-state index in [1.807, 2.05) is 0 Å². The van der Waals surface area contributed by atoms with Gasteiger partial charge in [-0.25, -0.2) is 4.79 Å². The van der Waals surface area contributed by atoms with Crippen molar-refractivity contribution in [2.24, 2.45) is 0 Å². The van der Waals surface area contributed by atoms with Gasteiger partial charge in [0.05, 0.1) is 0 Å². The molecule has 1 amide bonds. The number of rotatable bonds is 4. The zero-order valence-electron chi connectivity index (χ0n) is 10.5. The molecule has 20 heavy (non-hydrogen) atoms. The third-order valence-electron chi connectivity index (χ3n) is 3.07. The molecule has 1 saturated heterocycles. The molecule has 1 aliphatic rings. The maximum Gasteiger partial charge on any atom is 0.330 e. The molecule has 108 valence electrons. The number of carbonyl (C=O) groups excluding carboxylic acids is 1. The van der Waals surface area contributed by atoms with Crippen molar-refractivity contribution in [3.63, 3.8) is 0 Å². The fraction of sp³-hybridized carbons (Fsp3) is 0.417. The molecular weight excluding hydrogens is 348 g/mol. The van der Waals surface area contributed by atoms with E-state index in [2.05, 4.69) is 21.2 Å². The van der Waals surface area contributed by atoms with E-state index in [9.17, 15) is 19.5 Å². The normalized spacial score (nSPS) is 21.6. The summed E-state index contributed by atoms with van der Waals surface area (Å²) < 4.78 is 1.91. The Kier molecular flexibility index (Phi) is 4.54. The van der Waals surface area contributed by atoms with Crippen molar-refractivity contribution in [3.8, 4) is 0 Å². The molecule has 0 saturated carbocycles. The number of nitrogens with one attached hydrogen (secondary N) is 1. The van der Waals surface area contributed by atoms with Crippen molar-refractivity contribution in [2.75, 3.05) is 11.5 Å². The lowest BCUT2D eigenvalue weighted by atomic mass is 9.99. The lowest BCUT2D eigenvalue weighted by Gasteiger charge is -2.24. The molecule has 8 heteroatoms. The van der Waals surface area contributed by atoms with Crippen LogP contribution in [0, 0.1) is 0 Å². The number of halogens is 1. The molecule has 2 heterocycles. The summed E-state index contributed by atoms with van der Waals surface area (Å²) >= 11 is 4.71. The Hall–Kier alpha value is -1.28. The summed E-state index contributed by atoms with van der Waals surface area (Å²) in [5.41, 5.74) is -1.52. The highest BCUT2D eigenvalue weighted by molar-refractivity contribution is 9.10. The van der Waals surface area contributed by atoms with E-state index in [-0.39, 0.29) is 12.1 Å². The van der Waals surface area contributed by atoms with Crippen molar-refractivity contribution in [1.29, 1.82) is 0 Å². The van der Waals surface area contributed by atoms with Gasteiger partial charge in [0.2, 0.25) is 5.91 Å². The van der Waals surface area contributed by atoms with Gasteiger partial charge in [0.1, 0.15) is 12.1 Å². The molecular formula is C12H13BrN2O4S. The molecule has 0 aliphatic carbocycles. The van der Waals surface area contributed by atoms with Crippen LogP contribution in [0.3, 0.4) is 0 Å². The van der Waals surface area contributed by atoms with Crippen molar-refractivity contribution >= 4 is 39.6 Å². The van der Waals surface area contributed by atoms with Crippen LogP contribution in [-0.4, -0.2) is 38.6 Å². The number of nitrogens with zero attached hydrogens (tertiary/aromatic N) is 1. The van der Waals surface area contributed by atoms with E-state index in [1.54, 1.807) is 6.07 Å². The first-order valence-electron chi connectivity index (χ1n) is 5.91. The zero-order chi connectivity index (χ0) is 14.8.